The maximum absolute atomic E-state index is 14.1. The van der Waals surface area contributed by atoms with Crippen LogP contribution >= 0.6 is 0 Å². The average molecular weight is 637 g/mol. The number of carbonyl (C=O) groups is 2. The van der Waals surface area contributed by atoms with E-state index in [0.29, 0.717) is 26.1 Å². The average Bonchev–Trinajstić information content (AvgIpc) is 3.51. The first-order valence-corrected chi connectivity index (χ1v) is 17.9. The number of unbranched alkanes of at least 4 members (excludes halogenated alkanes) is 8. The van der Waals surface area contributed by atoms with Gasteiger partial charge in [-0.25, -0.2) is 0 Å². The quantitative estimate of drug-likeness (QED) is 0.0930. The largest absolute Gasteiger partial charge is 0.378 e. The van der Waals surface area contributed by atoms with Crippen LogP contribution in [0.5, 0.6) is 0 Å². The number of para-hydroxylation sites is 1. The number of hydrogen-bond acceptors (Lipinski definition) is 3. The van der Waals surface area contributed by atoms with Crippen LogP contribution in [0.25, 0.3) is 10.9 Å². The smallest absolute Gasteiger partial charge is 0.242 e. The second-order valence-electron chi connectivity index (χ2n) is 13.1. The summed E-state index contributed by atoms with van der Waals surface area (Å²) in [4.78, 5) is 36.9. The highest BCUT2D eigenvalue weighted by Gasteiger charge is 2.22. The molecular formula is C41H56N4O2. The van der Waals surface area contributed by atoms with Crippen LogP contribution in [0.3, 0.4) is 0 Å². The molecule has 47 heavy (non-hydrogen) atoms. The summed E-state index contributed by atoms with van der Waals surface area (Å²) in [5, 5.41) is 1.19. The standard InChI is InChI=1S/C41H56N4O2/c1-4-5-6-7-8-9-10-11-15-22-40(46)45(29-27-34-18-13-12-14-19-34)33-41(47)44(32-35-23-25-37(26-24-35)43(2)3)30-28-36-31-42-39-21-17-16-20-38(36)39/h12-14,16-21,23-26,31,42H,4-11,15,22,27-30,32-33H2,1-3H3. The van der Waals surface area contributed by atoms with Gasteiger partial charge in [0.1, 0.15) is 0 Å². The molecule has 0 aliphatic carbocycles. The van der Waals surface area contributed by atoms with Gasteiger partial charge in [0.05, 0.1) is 6.54 Å². The number of aromatic nitrogens is 1. The van der Waals surface area contributed by atoms with E-state index in [-0.39, 0.29) is 18.4 Å². The fourth-order valence-corrected chi connectivity index (χ4v) is 6.21. The summed E-state index contributed by atoms with van der Waals surface area (Å²) < 4.78 is 0. The highest BCUT2D eigenvalue weighted by Crippen LogP contribution is 2.20. The molecule has 1 aromatic heterocycles. The van der Waals surface area contributed by atoms with Crippen LogP contribution in [-0.2, 0) is 29.0 Å². The Balaban J connectivity index is 1.42. The van der Waals surface area contributed by atoms with Gasteiger partial charge in [-0.15, -0.1) is 0 Å². The van der Waals surface area contributed by atoms with Crippen LogP contribution in [-0.4, -0.2) is 60.3 Å². The van der Waals surface area contributed by atoms with Crippen molar-refractivity contribution in [1.82, 2.24) is 14.8 Å². The summed E-state index contributed by atoms with van der Waals surface area (Å²) in [6.07, 6.45) is 14.9. The zero-order valence-electron chi connectivity index (χ0n) is 29.1. The number of fused-ring (bicyclic) bond motifs is 1. The van der Waals surface area contributed by atoms with Crippen molar-refractivity contribution < 1.29 is 9.59 Å². The third kappa shape index (κ3) is 11.9. The Morgan fingerprint density at radius 2 is 1.28 bits per heavy atom. The number of anilines is 1. The van der Waals surface area contributed by atoms with E-state index in [2.05, 4.69) is 77.6 Å². The number of hydrogen-bond donors (Lipinski definition) is 1. The van der Waals surface area contributed by atoms with Gasteiger partial charge in [-0.2, -0.15) is 0 Å². The molecule has 0 atom stereocenters. The van der Waals surface area contributed by atoms with E-state index in [1.165, 1.54) is 61.5 Å². The Hall–Kier alpha value is -4.06. The lowest BCUT2D eigenvalue weighted by Crippen LogP contribution is -2.44. The van der Waals surface area contributed by atoms with Crippen LogP contribution < -0.4 is 4.90 Å². The molecule has 4 aromatic rings. The molecule has 0 spiro atoms. The molecule has 0 aliphatic rings. The van der Waals surface area contributed by atoms with E-state index in [0.717, 1.165) is 42.5 Å². The van der Waals surface area contributed by atoms with E-state index in [9.17, 15) is 9.59 Å². The zero-order valence-corrected chi connectivity index (χ0v) is 29.1. The Morgan fingerprint density at radius 3 is 1.98 bits per heavy atom. The van der Waals surface area contributed by atoms with E-state index >= 15 is 0 Å². The van der Waals surface area contributed by atoms with Crippen molar-refractivity contribution in [3.05, 3.63) is 102 Å². The van der Waals surface area contributed by atoms with Crippen molar-refractivity contribution in [1.29, 1.82) is 0 Å². The van der Waals surface area contributed by atoms with Gasteiger partial charge in [-0.3, -0.25) is 9.59 Å². The molecule has 0 aliphatic heterocycles. The fraction of sp³-hybridized carbons (Fsp3) is 0.463. The maximum Gasteiger partial charge on any atom is 0.242 e. The number of benzene rings is 3. The van der Waals surface area contributed by atoms with Crippen LogP contribution in [0, 0.1) is 0 Å². The molecule has 6 nitrogen and oxygen atoms in total. The van der Waals surface area contributed by atoms with Crippen LogP contribution in [0.15, 0.2) is 85.1 Å². The van der Waals surface area contributed by atoms with Crippen molar-refractivity contribution in [2.45, 2.75) is 90.5 Å². The van der Waals surface area contributed by atoms with Gasteiger partial charge in [-0.05, 0) is 54.2 Å². The molecule has 0 bridgehead atoms. The lowest BCUT2D eigenvalue weighted by atomic mass is 10.1. The summed E-state index contributed by atoms with van der Waals surface area (Å²) in [7, 11) is 4.06. The first-order chi connectivity index (χ1) is 22.9. The number of aromatic amines is 1. The Labute approximate surface area is 283 Å². The predicted octanol–water partition coefficient (Wildman–Crippen LogP) is 8.80. The molecule has 0 radical (unpaired) electrons. The van der Waals surface area contributed by atoms with Crippen molar-refractivity contribution in [3.63, 3.8) is 0 Å². The number of nitrogens with zero attached hydrogens (tertiary/aromatic N) is 3. The highest BCUT2D eigenvalue weighted by atomic mass is 16.2. The minimum absolute atomic E-state index is 0.00461. The minimum Gasteiger partial charge on any atom is -0.378 e. The number of H-pyrrole nitrogens is 1. The monoisotopic (exact) mass is 636 g/mol. The fourth-order valence-electron chi connectivity index (χ4n) is 6.21. The topological polar surface area (TPSA) is 59.7 Å². The number of carbonyl (C=O) groups excluding carboxylic acids is 2. The van der Waals surface area contributed by atoms with Gasteiger partial charge >= 0.3 is 0 Å². The van der Waals surface area contributed by atoms with E-state index in [4.69, 9.17) is 0 Å². The number of rotatable bonds is 21. The van der Waals surface area contributed by atoms with Gasteiger partial charge < -0.3 is 19.7 Å². The molecule has 1 heterocycles. The van der Waals surface area contributed by atoms with E-state index < -0.39 is 0 Å². The molecule has 0 saturated carbocycles. The third-order valence-electron chi connectivity index (χ3n) is 9.19. The summed E-state index contributed by atoms with van der Waals surface area (Å²) in [5.74, 6) is 0.0826. The van der Waals surface area contributed by atoms with Crippen molar-refractivity contribution in [2.75, 3.05) is 38.6 Å². The molecule has 252 valence electrons. The lowest BCUT2D eigenvalue weighted by molar-refractivity contribution is -0.141. The predicted molar refractivity (Wildman–Crippen MR) is 197 cm³/mol. The summed E-state index contributed by atoms with van der Waals surface area (Å²) in [6, 6.07) is 26.9. The first kappa shape index (κ1) is 35.8. The molecule has 4 rings (SSSR count). The number of amides is 2. The summed E-state index contributed by atoms with van der Waals surface area (Å²) in [5.41, 5.74) is 5.69. The van der Waals surface area contributed by atoms with Crippen LogP contribution in [0.2, 0.25) is 0 Å². The second-order valence-corrected chi connectivity index (χ2v) is 13.1. The second kappa shape index (κ2) is 19.6. The summed E-state index contributed by atoms with van der Waals surface area (Å²) >= 11 is 0. The first-order valence-electron chi connectivity index (χ1n) is 17.9. The van der Waals surface area contributed by atoms with Crippen molar-refractivity contribution in [2.24, 2.45) is 0 Å². The van der Waals surface area contributed by atoms with Crippen LogP contribution in [0.4, 0.5) is 5.69 Å². The zero-order chi connectivity index (χ0) is 33.3. The third-order valence-corrected chi connectivity index (χ3v) is 9.19. The minimum atomic E-state index is -0.00461. The maximum atomic E-state index is 14.1. The number of nitrogens with one attached hydrogen (secondary N) is 1. The lowest BCUT2D eigenvalue weighted by Gasteiger charge is -2.28. The molecule has 0 fully saturated rings. The molecule has 0 unspecified atom stereocenters. The Kier molecular flexibility index (Phi) is 14.9. The molecule has 1 N–H and O–H groups in total. The van der Waals surface area contributed by atoms with Gasteiger partial charge in [-0.1, -0.05) is 119 Å². The SMILES string of the molecule is CCCCCCCCCCCC(=O)N(CCc1ccccc1)CC(=O)N(CCc1c[nH]c2ccccc12)Cc1ccc(N(C)C)cc1. The Bertz CT molecular complexity index is 1480. The van der Waals surface area contributed by atoms with Crippen molar-refractivity contribution in [3.8, 4) is 0 Å². The molecule has 2 amide bonds. The van der Waals surface area contributed by atoms with E-state index in [1.807, 2.05) is 48.2 Å². The van der Waals surface area contributed by atoms with Gasteiger partial charge in [0.15, 0.2) is 0 Å². The van der Waals surface area contributed by atoms with Gasteiger partial charge in [0, 0.05) is 62.9 Å². The van der Waals surface area contributed by atoms with Gasteiger partial charge in [0.2, 0.25) is 11.8 Å². The molecule has 3 aromatic carbocycles. The summed E-state index contributed by atoms with van der Waals surface area (Å²) in [6.45, 7) is 3.98. The molecule has 0 saturated heterocycles. The van der Waals surface area contributed by atoms with Crippen LogP contribution in [0.1, 0.15) is 87.8 Å². The van der Waals surface area contributed by atoms with E-state index in [1.54, 1.807) is 0 Å². The van der Waals surface area contributed by atoms with Gasteiger partial charge in [0.25, 0.3) is 0 Å². The normalized spacial score (nSPS) is 11.1. The molecule has 6 heteroatoms. The molecular weight excluding hydrogens is 580 g/mol. The van der Waals surface area contributed by atoms with Crippen molar-refractivity contribution >= 4 is 28.4 Å². The highest BCUT2D eigenvalue weighted by molar-refractivity contribution is 5.85. The Morgan fingerprint density at radius 1 is 0.638 bits per heavy atom.